The molecule has 0 saturated carbocycles. The Hall–Kier alpha value is -2.80. The molecule has 0 aliphatic rings. The molecule has 6 nitrogen and oxygen atoms in total. The van der Waals surface area contributed by atoms with E-state index in [9.17, 15) is 14.4 Å². The van der Waals surface area contributed by atoms with E-state index in [1.807, 2.05) is 0 Å². The first-order chi connectivity index (χ1) is 11.4. The van der Waals surface area contributed by atoms with Crippen LogP contribution in [0.25, 0.3) is 0 Å². The van der Waals surface area contributed by atoms with Crippen LogP contribution in [0.3, 0.4) is 0 Å². The van der Waals surface area contributed by atoms with Gasteiger partial charge in [0.25, 0.3) is 0 Å². The van der Waals surface area contributed by atoms with Crippen LogP contribution in [0.2, 0.25) is 0 Å². The van der Waals surface area contributed by atoms with Crippen LogP contribution in [0.4, 0.5) is 0 Å². The van der Waals surface area contributed by atoms with Gasteiger partial charge in [0.1, 0.15) is 0 Å². The molecule has 0 aromatic heterocycles. The van der Waals surface area contributed by atoms with Gasteiger partial charge in [-0.2, -0.15) is 0 Å². The highest BCUT2D eigenvalue weighted by Crippen LogP contribution is 2.32. The molecule has 0 aliphatic carbocycles. The lowest BCUT2D eigenvalue weighted by molar-refractivity contribution is -0.136. The smallest absolute Gasteiger partial charge is 0.339 e. The monoisotopic (exact) mass is 346 g/mol. The number of hydrogen-bond donors (Lipinski definition) is 2. The maximum Gasteiger partial charge on any atom is 0.339 e. The number of carboxylic acids is 2. The molecule has 0 saturated heterocycles. The average molecular weight is 346 g/mol. The summed E-state index contributed by atoms with van der Waals surface area (Å²) in [5.74, 6) is -2.57. The molecule has 0 unspecified atom stereocenters. The molecule has 2 rings (SSSR count). The maximum atomic E-state index is 11.9. The molecule has 0 atom stereocenters. The van der Waals surface area contributed by atoms with Gasteiger partial charge in [-0.05, 0) is 42.0 Å². The second-order valence-electron chi connectivity index (χ2n) is 4.82. The topological polar surface area (TPSA) is 101 Å². The number of carbonyl (C=O) groups is 3. The average Bonchev–Trinajstić information content (AvgIpc) is 2.55. The minimum atomic E-state index is -1.01. The van der Waals surface area contributed by atoms with Gasteiger partial charge in [0.05, 0.1) is 24.7 Å². The fraction of sp³-hybridized carbons (Fsp3) is 0.118. The Morgan fingerprint density at radius 1 is 1.04 bits per heavy atom. The van der Waals surface area contributed by atoms with Crippen molar-refractivity contribution < 1.29 is 29.3 Å². The zero-order chi connectivity index (χ0) is 17.7. The minimum Gasteiger partial charge on any atom is -0.481 e. The Morgan fingerprint density at radius 2 is 1.71 bits per heavy atom. The summed E-state index contributed by atoms with van der Waals surface area (Å²) in [5, 5.41) is 17.8. The molecule has 0 aliphatic heterocycles. The number of rotatable bonds is 6. The highest BCUT2D eigenvalue weighted by molar-refractivity contribution is 7.99. The van der Waals surface area contributed by atoms with Gasteiger partial charge in [-0.3, -0.25) is 4.79 Å². The second-order valence-corrected chi connectivity index (χ2v) is 5.94. The van der Waals surface area contributed by atoms with Crippen molar-refractivity contribution in [1.29, 1.82) is 0 Å². The number of methoxy groups -OCH3 is 1. The largest absolute Gasteiger partial charge is 0.481 e. The molecule has 0 amide bonds. The number of ether oxygens (including phenoxy) is 1. The van der Waals surface area contributed by atoms with E-state index in [-0.39, 0.29) is 17.5 Å². The van der Waals surface area contributed by atoms with E-state index in [4.69, 9.17) is 14.9 Å². The van der Waals surface area contributed by atoms with Crippen LogP contribution < -0.4 is 0 Å². The summed E-state index contributed by atoms with van der Waals surface area (Å²) in [6, 6.07) is 11.0. The fourth-order valence-corrected chi connectivity index (χ4v) is 2.93. The number of aliphatic carboxylic acids is 1. The molecule has 0 heterocycles. The quantitative estimate of drug-likeness (QED) is 0.775. The van der Waals surface area contributed by atoms with E-state index >= 15 is 0 Å². The first kappa shape index (κ1) is 17.6. The second kappa shape index (κ2) is 7.65. The van der Waals surface area contributed by atoms with Gasteiger partial charge in [-0.15, -0.1) is 0 Å². The molecular formula is C17H14O6S. The standard InChI is InChI=1S/C17H14O6S/c1-23-17(22)13-8-10(9-15(18)19)2-7-14(13)24-12-5-3-11(4-6-12)16(20)21/h2-8H,9H2,1H3,(H,18,19)(H,20,21). The van der Waals surface area contributed by atoms with Crippen molar-refractivity contribution in [2.45, 2.75) is 16.2 Å². The highest BCUT2D eigenvalue weighted by atomic mass is 32.2. The van der Waals surface area contributed by atoms with Gasteiger partial charge < -0.3 is 14.9 Å². The van der Waals surface area contributed by atoms with Gasteiger partial charge in [-0.25, -0.2) is 9.59 Å². The Bertz CT molecular complexity index is 782. The third-order valence-electron chi connectivity index (χ3n) is 3.13. The molecular weight excluding hydrogens is 332 g/mol. The fourth-order valence-electron chi connectivity index (χ4n) is 2.01. The van der Waals surface area contributed by atoms with Gasteiger partial charge in [0, 0.05) is 9.79 Å². The van der Waals surface area contributed by atoms with E-state index in [2.05, 4.69) is 0 Å². The lowest BCUT2D eigenvalue weighted by Crippen LogP contribution is -2.06. The molecule has 0 fully saturated rings. The lowest BCUT2D eigenvalue weighted by Gasteiger charge is -2.10. The predicted molar refractivity (Wildman–Crippen MR) is 86.6 cm³/mol. The molecule has 124 valence electrons. The number of hydrogen-bond acceptors (Lipinski definition) is 5. The molecule has 2 N–H and O–H groups in total. The first-order valence-electron chi connectivity index (χ1n) is 6.85. The molecule has 2 aromatic carbocycles. The van der Waals surface area contributed by atoms with Crippen molar-refractivity contribution in [3.05, 3.63) is 59.2 Å². The Labute approximate surface area is 142 Å². The van der Waals surface area contributed by atoms with E-state index < -0.39 is 17.9 Å². The predicted octanol–water partition coefficient (Wildman–Crippen LogP) is 2.95. The van der Waals surface area contributed by atoms with Gasteiger partial charge in [0.2, 0.25) is 0 Å². The van der Waals surface area contributed by atoms with E-state index in [0.29, 0.717) is 10.5 Å². The van der Waals surface area contributed by atoms with Crippen molar-refractivity contribution in [2.24, 2.45) is 0 Å². The summed E-state index contributed by atoms with van der Waals surface area (Å²) in [4.78, 5) is 35.0. The molecule has 0 spiro atoms. The summed E-state index contributed by atoms with van der Waals surface area (Å²) in [7, 11) is 1.25. The van der Waals surface area contributed by atoms with Crippen molar-refractivity contribution in [3.8, 4) is 0 Å². The van der Waals surface area contributed by atoms with E-state index in [1.165, 1.54) is 37.1 Å². The SMILES string of the molecule is COC(=O)c1cc(CC(=O)O)ccc1Sc1ccc(C(=O)O)cc1. The normalized spacial score (nSPS) is 10.2. The number of esters is 1. The van der Waals surface area contributed by atoms with Crippen molar-refractivity contribution in [2.75, 3.05) is 7.11 Å². The van der Waals surface area contributed by atoms with Crippen LogP contribution in [0, 0.1) is 0 Å². The molecule has 24 heavy (non-hydrogen) atoms. The summed E-state index contributed by atoms with van der Waals surface area (Å²) in [5.41, 5.74) is 0.932. The van der Waals surface area contributed by atoms with Crippen LogP contribution >= 0.6 is 11.8 Å². The van der Waals surface area contributed by atoms with Gasteiger partial charge in [-0.1, -0.05) is 17.8 Å². The molecule has 0 radical (unpaired) electrons. The highest BCUT2D eigenvalue weighted by Gasteiger charge is 2.15. The summed E-state index contributed by atoms with van der Waals surface area (Å²) in [6.07, 6.45) is -0.192. The Balaban J connectivity index is 2.32. The summed E-state index contributed by atoms with van der Waals surface area (Å²) < 4.78 is 4.75. The lowest BCUT2D eigenvalue weighted by atomic mass is 10.1. The molecule has 7 heteroatoms. The number of carboxylic acid groups (broad SMARTS) is 2. The first-order valence-corrected chi connectivity index (χ1v) is 7.66. The van der Waals surface area contributed by atoms with E-state index in [1.54, 1.807) is 24.3 Å². The van der Waals surface area contributed by atoms with Crippen molar-refractivity contribution >= 4 is 29.7 Å². The van der Waals surface area contributed by atoms with E-state index in [0.717, 1.165) is 4.90 Å². The minimum absolute atomic E-state index is 0.171. The Kier molecular flexibility index (Phi) is 5.59. The molecule has 0 bridgehead atoms. The third kappa shape index (κ3) is 4.36. The van der Waals surface area contributed by atoms with Crippen LogP contribution in [0.1, 0.15) is 26.3 Å². The number of benzene rings is 2. The van der Waals surface area contributed by atoms with Crippen LogP contribution in [-0.4, -0.2) is 35.2 Å². The van der Waals surface area contributed by atoms with Crippen LogP contribution in [0.5, 0.6) is 0 Å². The van der Waals surface area contributed by atoms with Crippen LogP contribution in [-0.2, 0) is 16.0 Å². The summed E-state index contributed by atoms with van der Waals surface area (Å²) >= 11 is 1.26. The van der Waals surface area contributed by atoms with Crippen LogP contribution in [0.15, 0.2) is 52.3 Å². The summed E-state index contributed by atoms with van der Waals surface area (Å²) in [6.45, 7) is 0. The van der Waals surface area contributed by atoms with Crippen molar-refractivity contribution in [3.63, 3.8) is 0 Å². The number of aromatic carboxylic acids is 1. The third-order valence-corrected chi connectivity index (χ3v) is 4.22. The molecule has 2 aromatic rings. The Morgan fingerprint density at radius 3 is 2.25 bits per heavy atom. The maximum absolute atomic E-state index is 11.9. The zero-order valence-electron chi connectivity index (χ0n) is 12.7. The number of carbonyl (C=O) groups excluding carboxylic acids is 1. The van der Waals surface area contributed by atoms with Gasteiger partial charge >= 0.3 is 17.9 Å². The van der Waals surface area contributed by atoms with Crippen molar-refractivity contribution in [1.82, 2.24) is 0 Å². The van der Waals surface area contributed by atoms with Gasteiger partial charge in [0.15, 0.2) is 0 Å². The zero-order valence-corrected chi connectivity index (χ0v) is 13.5.